The first-order chi connectivity index (χ1) is 9.90. The number of nitrogens with two attached hydrogens (primary N) is 2. The van der Waals surface area contributed by atoms with Crippen LogP contribution in [0.2, 0.25) is 0 Å². The Bertz CT molecular complexity index is 708. The maximum atomic E-state index is 11.5. The number of benzene rings is 2. The van der Waals surface area contributed by atoms with E-state index in [2.05, 4.69) is 30.3 Å². The molecule has 1 aliphatic rings. The van der Waals surface area contributed by atoms with Gasteiger partial charge < -0.3 is 11.5 Å². The van der Waals surface area contributed by atoms with E-state index >= 15 is 0 Å². The van der Waals surface area contributed by atoms with Gasteiger partial charge in [-0.25, -0.2) is 0 Å². The van der Waals surface area contributed by atoms with E-state index in [1.807, 2.05) is 13.8 Å². The van der Waals surface area contributed by atoms with Crippen LogP contribution < -0.4 is 11.5 Å². The van der Waals surface area contributed by atoms with Crippen LogP contribution in [0.25, 0.3) is 10.8 Å². The van der Waals surface area contributed by atoms with Crippen molar-refractivity contribution in [3.63, 3.8) is 0 Å². The average molecular weight is 282 g/mol. The highest BCUT2D eigenvalue weighted by Crippen LogP contribution is 2.37. The topological polar surface area (TPSA) is 69.1 Å². The van der Waals surface area contributed by atoms with E-state index in [0.29, 0.717) is 6.42 Å². The molecule has 3 rings (SSSR count). The lowest BCUT2D eigenvalue weighted by Crippen LogP contribution is -2.34. The fourth-order valence-corrected chi connectivity index (χ4v) is 3.35. The fourth-order valence-electron chi connectivity index (χ4n) is 3.35. The standard InChI is InChI=1S/C18H22N2O/c1-18(2,17(20)21)10-15(19)13-9-8-12-7-6-11-4-3-5-14(13)16(11)12/h3-5,8-9,15H,6-7,10,19H2,1-2H3,(H2,20,21). The second-order valence-electron chi connectivity index (χ2n) is 6.71. The average Bonchev–Trinajstić information content (AvgIpc) is 2.84. The third-order valence-electron chi connectivity index (χ3n) is 4.71. The molecule has 4 N–H and O–H groups in total. The Morgan fingerprint density at radius 1 is 1.19 bits per heavy atom. The molecule has 0 bridgehead atoms. The van der Waals surface area contributed by atoms with Crippen molar-refractivity contribution in [2.45, 2.75) is 39.2 Å². The van der Waals surface area contributed by atoms with Crippen molar-refractivity contribution < 1.29 is 4.79 Å². The highest BCUT2D eigenvalue weighted by atomic mass is 16.1. The number of rotatable bonds is 4. The molecule has 0 aromatic heterocycles. The predicted molar refractivity (Wildman–Crippen MR) is 85.9 cm³/mol. The third-order valence-corrected chi connectivity index (χ3v) is 4.71. The minimum Gasteiger partial charge on any atom is -0.369 e. The van der Waals surface area contributed by atoms with E-state index in [9.17, 15) is 4.79 Å². The summed E-state index contributed by atoms with van der Waals surface area (Å²) in [5, 5.41) is 2.60. The highest BCUT2D eigenvalue weighted by Gasteiger charge is 2.29. The Labute approximate surface area is 125 Å². The molecule has 1 amide bonds. The summed E-state index contributed by atoms with van der Waals surface area (Å²) in [7, 11) is 0. The van der Waals surface area contributed by atoms with Crippen LogP contribution in [-0.4, -0.2) is 5.91 Å². The number of hydrogen-bond donors (Lipinski definition) is 2. The molecule has 0 fully saturated rings. The summed E-state index contributed by atoms with van der Waals surface area (Å²) in [5.41, 5.74) is 15.2. The Kier molecular flexibility index (Phi) is 3.25. The quantitative estimate of drug-likeness (QED) is 0.905. The van der Waals surface area contributed by atoms with Crippen molar-refractivity contribution in [3.05, 3.63) is 47.0 Å². The van der Waals surface area contributed by atoms with Gasteiger partial charge in [0, 0.05) is 11.5 Å². The van der Waals surface area contributed by atoms with E-state index < -0.39 is 5.41 Å². The van der Waals surface area contributed by atoms with Crippen LogP contribution in [0.3, 0.4) is 0 Å². The number of aryl methyl sites for hydroxylation is 2. The van der Waals surface area contributed by atoms with Gasteiger partial charge >= 0.3 is 0 Å². The lowest BCUT2D eigenvalue weighted by molar-refractivity contribution is -0.126. The van der Waals surface area contributed by atoms with Crippen LogP contribution in [0.15, 0.2) is 30.3 Å². The molecule has 3 heteroatoms. The maximum absolute atomic E-state index is 11.5. The Hall–Kier alpha value is -1.87. The van der Waals surface area contributed by atoms with Gasteiger partial charge in [-0.2, -0.15) is 0 Å². The minimum absolute atomic E-state index is 0.183. The second kappa shape index (κ2) is 4.85. The van der Waals surface area contributed by atoms with Crippen molar-refractivity contribution >= 4 is 16.7 Å². The van der Waals surface area contributed by atoms with Crippen LogP contribution in [0, 0.1) is 5.41 Å². The number of primary amides is 1. The van der Waals surface area contributed by atoms with Gasteiger partial charge in [-0.05, 0) is 46.7 Å². The Morgan fingerprint density at radius 3 is 2.52 bits per heavy atom. The smallest absolute Gasteiger partial charge is 0.223 e. The summed E-state index contributed by atoms with van der Waals surface area (Å²) in [6.07, 6.45) is 2.78. The summed E-state index contributed by atoms with van der Waals surface area (Å²) in [6, 6.07) is 10.6. The molecule has 110 valence electrons. The lowest BCUT2D eigenvalue weighted by Gasteiger charge is -2.25. The first kappa shape index (κ1) is 14.1. The number of hydrogen-bond acceptors (Lipinski definition) is 2. The van der Waals surface area contributed by atoms with Crippen molar-refractivity contribution in [2.75, 3.05) is 0 Å². The van der Waals surface area contributed by atoms with Gasteiger partial charge in [-0.3, -0.25) is 4.79 Å². The first-order valence-electron chi connectivity index (χ1n) is 7.49. The fraction of sp³-hybridized carbons (Fsp3) is 0.389. The predicted octanol–water partition coefficient (Wildman–Crippen LogP) is 2.84. The molecule has 0 heterocycles. The molecule has 1 atom stereocenters. The van der Waals surface area contributed by atoms with Crippen molar-refractivity contribution in [1.82, 2.24) is 0 Å². The summed E-state index contributed by atoms with van der Waals surface area (Å²) < 4.78 is 0. The van der Waals surface area contributed by atoms with E-state index in [0.717, 1.165) is 18.4 Å². The number of amides is 1. The zero-order valence-corrected chi connectivity index (χ0v) is 12.6. The maximum Gasteiger partial charge on any atom is 0.223 e. The van der Waals surface area contributed by atoms with Crippen molar-refractivity contribution in [3.8, 4) is 0 Å². The van der Waals surface area contributed by atoms with Gasteiger partial charge in [-0.15, -0.1) is 0 Å². The van der Waals surface area contributed by atoms with Crippen LogP contribution in [0.1, 0.15) is 43.0 Å². The molecule has 0 saturated heterocycles. The lowest BCUT2D eigenvalue weighted by atomic mass is 9.82. The molecular formula is C18H22N2O. The van der Waals surface area contributed by atoms with E-state index in [-0.39, 0.29) is 11.9 Å². The zero-order valence-electron chi connectivity index (χ0n) is 12.6. The summed E-state index contributed by atoms with van der Waals surface area (Å²) >= 11 is 0. The summed E-state index contributed by atoms with van der Waals surface area (Å²) in [4.78, 5) is 11.5. The largest absolute Gasteiger partial charge is 0.369 e. The van der Waals surface area contributed by atoms with E-state index in [1.165, 1.54) is 21.9 Å². The van der Waals surface area contributed by atoms with Crippen LogP contribution in [-0.2, 0) is 17.6 Å². The van der Waals surface area contributed by atoms with Gasteiger partial charge in [-0.1, -0.05) is 44.2 Å². The minimum atomic E-state index is -0.595. The molecule has 21 heavy (non-hydrogen) atoms. The van der Waals surface area contributed by atoms with Gasteiger partial charge in [0.15, 0.2) is 0 Å². The molecule has 1 aliphatic carbocycles. The number of carbonyl (C=O) groups excluding carboxylic acids is 1. The highest BCUT2D eigenvalue weighted by molar-refractivity contribution is 5.93. The normalized spacial score (nSPS) is 15.4. The second-order valence-corrected chi connectivity index (χ2v) is 6.71. The van der Waals surface area contributed by atoms with Gasteiger partial charge in [0.1, 0.15) is 0 Å². The number of carbonyl (C=O) groups is 1. The molecule has 0 spiro atoms. The van der Waals surface area contributed by atoms with Crippen molar-refractivity contribution in [2.24, 2.45) is 16.9 Å². The van der Waals surface area contributed by atoms with Gasteiger partial charge in [0.2, 0.25) is 5.91 Å². The third kappa shape index (κ3) is 2.32. The molecule has 0 radical (unpaired) electrons. The SMILES string of the molecule is CC(C)(CC(N)c1ccc2c3c(cccc13)CC2)C(N)=O. The van der Waals surface area contributed by atoms with Crippen LogP contribution in [0.5, 0.6) is 0 Å². The van der Waals surface area contributed by atoms with Crippen LogP contribution >= 0.6 is 0 Å². The molecule has 0 saturated carbocycles. The van der Waals surface area contributed by atoms with E-state index in [4.69, 9.17) is 11.5 Å². The van der Waals surface area contributed by atoms with Gasteiger partial charge in [0.25, 0.3) is 0 Å². The van der Waals surface area contributed by atoms with Crippen LogP contribution in [0.4, 0.5) is 0 Å². The Balaban J connectivity index is 2.04. The van der Waals surface area contributed by atoms with Crippen molar-refractivity contribution in [1.29, 1.82) is 0 Å². The molecule has 2 aromatic carbocycles. The van der Waals surface area contributed by atoms with Gasteiger partial charge in [0.05, 0.1) is 0 Å². The monoisotopic (exact) mass is 282 g/mol. The summed E-state index contributed by atoms with van der Waals surface area (Å²) in [6.45, 7) is 3.71. The molecule has 2 aromatic rings. The molecule has 0 aliphatic heterocycles. The summed E-state index contributed by atoms with van der Waals surface area (Å²) in [5.74, 6) is -0.302. The zero-order chi connectivity index (χ0) is 15.2. The molecular weight excluding hydrogens is 260 g/mol. The molecule has 3 nitrogen and oxygen atoms in total. The first-order valence-corrected chi connectivity index (χ1v) is 7.49. The Morgan fingerprint density at radius 2 is 1.86 bits per heavy atom. The van der Waals surface area contributed by atoms with E-state index in [1.54, 1.807) is 0 Å². The molecule has 1 unspecified atom stereocenters.